The van der Waals surface area contributed by atoms with E-state index in [1.165, 1.54) is 12.8 Å². The fraction of sp³-hybridized carbons (Fsp3) is 0.625. The Morgan fingerprint density at radius 1 is 1.18 bits per heavy atom. The van der Waals surface area contributed by atoms with Crippen molar-refractivity contribution in [3.63, 3.8) is 0 Å². The minimum atomic E-state index is -8.55. The summed E-state index contributed by atoms with van der Waals surface area (Å²) in [4.78, 5) is 0. The van der Waals surface area contributed by atoms with Crippen molar-refractivity contribution in [3.8, 4) is 0 Å². The fourth-order valence-electron chi connectivity index (χ4n) is 0.975. The summed E-state index contributed by atoms with van der Waals surface area (Å²) in [5.74, 6) is 0. The Morgan fingerprint density at radius 2 is 1.65 bits per heavy atom. The zero-order valence-electron chi connectivity index (χ0n) is 9.46. The van der Waals surface area contributed by atoms with Crippen LogP contribution in [0.25, 0.3) is 0 Å². The van der Waals surface area contributed by atoms with Gasteiger partial charge in [-0.15, -0.1) is 0 Å². The van der Waals surface area contributed by atoms with E-state index < -0.39 is 8.16 Å². The molecule has 0 spiro atoms. The van der Waals surface area contributed by atoms with Crippen molar-refractivity contribution in [1.82, 2.24) is 4.57 Å². The molecule has 1 aromatic heterocycles. The monoisotopic (exact) mass is 284 g/mol. The Bertz CT molecular complexity index is 302. The third kappa shape index (κ3) is 17.8. The third-order valence-corrected chi connectivity index (χ3v) is 1.59. The normalized spacial score (nSPS) is 12.8. The molecule has 9 heteroatoms. The molecule has 0 unspecified atom stereocenters. The van der Waals surface area contributed by atoms with Crippen LogP contribution in [0.2, 0.25) is 0 Å². The summed E-state index contributed by atoms with van der Waals surface area (Å²) in [6, 6.07) is 0. The van der Waals surface area contributed by atoms with E-state index in [1.807, 2.05) is 7.05 Å². The molecule has 0 fully saturated rings. The van der Waals surface area contributed by atoms with E-state index in [-0.39, 0.29) is 4.70 Å². The number of aryl methyl sites for hydroxylation is 2. The predicted molar refractivity (Wildman–Crippen MR) is 53.0 cm³/mol. The molecular weight excluding hydrogens is 269 g/mol. The smallest absolute Gasteiger partial charge is 1.00 e. The minimum Gasteiger partial charge on any atom is -1.00 e. The van der Waals surface area contributed by atoms with Crippen LogP contribution in [0.15, 0.2) is 18.7 Å². The van der Waals surface area contributed by atoms with Gasteiger partial charge in [-0.1, -0.05) is 13.3 Å². The van der Waals surface area contributed by atoms with Crippen molar-refractivity contribution in [1.29, 1.82) is 0 Å². The Labute approximate surface area is 95.9 Å². The molecule has 0 amide bonds. The molecule has 0 aliphatic carbocycles. The van der Waals surface area contributed by atoms with Crippen LogP contribution in [0.4, 0.5) is 21.0 Å². The van der Waals surface area contributed by atoms with Crippen molar-refractivity contribution in [2.24, 2.45) is 7.05 Å². The fourth-order valence-corrected chi connectivity index (χ4v) is 0.975. The first-order chi connectivity index (χ1) is 7.06. The number of unbranched alkanes of at least 4 members (excludes halogenated alkanes) is 1. The number of halogens is 6. The van der Waals surface area contributed by atoms with Crippen molar-refractivity contribution < 1.29 is 30.3 Å². The van der Waals surface area contributed by atoms with E-state index in [4.69, 9.17) is 0 Å². The van der Waals surface area contributed by atoms with Crippen LogP contribution in [0.1, 0.15) is 19.8 Å². The largest absolute Gasteiger partial charge is 1.00 e. The minimum absolute atomic E-state index is 0. The molecular formula is C8H15F6N2P. The second-order valence-electron chi connectivity index (χ2n) is 3.31. The third-order valence-electron chi connectivity index (χ3n) is 1.59. The Balaban J connectivity index is 0. The van der Waals surface area contributed by atoms with Gasteiger partial charge in [0.25, 0.3) is 0 Å². The van der Waals surface area contributed by atoms with Crippen LogP contribution in [-0.4, -0.2) is 4.57 Å². The first kappa shape index (κ1) is 18.6. The molecule has 2 nitrogen and oxygen atoms in total. The van der Waals surface area contributed by atoms with Gasteiger partial charge in [-0.05, 0) is 6.42 Å². The van der Waals surface area contributed by atoms with Crippen molar-refractivity contribution in [2.75, 3.05) is 0 Å². The second kappa shape index (κ2) is 6.83. The molecule has 0 saturated carbocycles. The number of hydrogen-bond donors (Lipinski definition) is 0. The average molecular weight is 284 g/mol. The van der Waals surface area contributed by atoms with Gasteiger partial charge in [-0.2, -0.15) is 0 Å². The van der Waals surface area contributed by atoms with Gasteiger partial charge < -0.3 is 4.70 Å². The topological polar surface area (TPSA) is 8.81 Å². The Hall–Kier alpha value is -0.780. The summed E-state index contributed by atoms with van der Waals surface area (Å²) in [5, 5.41) is 0. The number of imidazole rings is 1. The van der Waals surface area contributed by atoms with Crippen LogP contribution in [0, 0.1) is 0 Å². The van der Waals surface area contributed by atoms with Gasteiger partial charge in [0.05, 0.1) is 13.6 Å². The Morgan fingerprint density at radius 3 is 1.94 bits per heavy atom. The predicted octanol–water partition coefficient (Wildman–Crippen LogP) is 1.08. The van der Waals surface area contributed by atoms with Gasteiger partial charge in [-0.3, -0.25) is 0 Å². The van der Waals surface area contributed by atoms with Crippen molar-refractivity contribution in [3.05, 3.63) is 18.7 Å². The van der Waals surface area contributed by atoms with Crippen LogP contribution < -0.4 is 9.27 Å². The van der Waals surface area contributed by atoms with Crippen LogP contribution in [0.5, 0.6) is 0 Å². The summed E-state index contributed by atoms with van der Waals surface area (Å²) in [5.41, 5.74) is 0. The first-order valence-electron chi connectivity index (χ1n) is 4.68. The molecule has 17 heavy (non-hydrogen) atoms. The summed E-state index contributed by atoms with van der Waals surface area (Å²) in [7, 11) is -6.51. The van der Waals surface area contributed by atoms with Gasteiger partial charge in [0.1, 0.15) is 12.4 Å². The summed E-state index contributed by atoms with van der Waals surface area (Å²) in [6.45, 7) is 3.36. The van der Waals surface area contributed by atoms with E-state index in [9.17, 15) is 21.0 Å². The first-order valence-corrected chi connectivity index (χ1v) is 6.37. The summed E-state index contributed by atoms with van der Waals surface area (Å²) < 4.78 is 53.5. The SMILES string of the molecule is CCCCn1cc[n+](C)c1.FP(F)(F)(F)F.[F-]. The molecule has 0 aliphatic heterocycles. The van der Waals surface area contributed by atoms with E-state index >= 15 is 0 Å². The molecule has 0 N–H and O–H groups in total. The van der Waals surface area contributed by atoms with E-state index in [0.29, 0.717) is 0 Å². The van der Waals surface area contributed by atoms with Crippen molar-refractivity contribution in [2.45, 2.75) is 26.3 Å². The number of aromatic nitrogens is 2. The quantitative estimate of drug-likeness (QED) is 0.446. The number of rotatable bonds is 3. The van der Waals surface area contributed by atoms with Crippen LogP contribution in [0.3, 0.4) is 0 Å². The van der Waals surface area contributed by atoms with E-state index in [0.717, 1.165) is 6.54 Å². The van der Waals surface area contributed by atoms with E-state index in [2.05, 4.69) is 34.8 Å². The summed E-state index contributed by atoms with van der Waals surface area (Å²) in [6.07, 6.45) is 8.82. The zero-order valence-corrected chi connectivity index (χ0v) is 10.4. The molecule has 1 heterocycles. The molecule has 0 aromatic carbocycles. The van der Waals surface area contributed by atoms with Crippen LogP contribution in [-0.2, 0) is 13.6 Å². The van der Waals surface area contributed by atoms with Gasteiger partial charge >= 0.3 is 29.1 Å². The van der Waals surface area contributed by atoms with Gasteiger partial charge in [0.15, 0.2) is 0 Å². The molecule has 104 valence electrons. The second-order valence-corrected chi connectivity index (χ2v) is 4.59. The standard InChI is InChI=1S/C8H15N2.F5P.FH/c1-3-4-5-10-7-6-9(2)8-10;1-6(2,3,4)5;/h6-8H,3-5H2,1-2H3;;1H/q+1;;/p-1. The number of nitrogens with zero attached hydrogens (tertiary/aromatic N) is 2. The van der Waals surface area contributed by atoms with E-state index in [1.54, 1.807) is 0 Å². The number of hydrogen-bond acceptors (Lipinski definition) is 0. The molecule has 0 atom stereocenters. The molecule has 0 saturated heterocycles. The molecule has 1 rings (SSSR count). The molecule has 1 aromatic rings. The molecule has 0 bridgehead atoms. The summed E-state index contributed by atoms with van der Waals surface area (Å²) >= 11 is 0. The maximum absolute atomic E-state index is 9.84. The van der Waals surface area contributed by atoms with Crippen LogP contribution >= 0.6 is 8.16 Å². The van der Waals surface area contributed by atoms with Gasteiger partial charge in [0.2, 0.25) is 6.33 Å². The Kier molecular flexibility index (Phi) is 7.47. The maximum Gasteiger partial charge on any atom is -1.00 e. The molecule has 0 radical (unpaired) electrons. The zero-order chi connectivity index (χ0) is 12.8. The molecule has 0 aliphatic rings. The van der Waals surface area contributed by atoms with Gasteiger partial charge in [-0.25, -0.2) is 9.13 Å². The van der Waals surface area contributed by atoms with Gasteiger partial charge in [0, 0.05) is 0 Å². The van der Waals surface area contributed by atoms with Crippen molar-refractivity contribution >= 4 is 8.16 Å². The average Bonchev–Trinajstić information content (AvgIpc) is 2.43. The maximum atomic E-state index is 9.84.